The zero-order valence-electron chi connectivity index (χ0n) is 11.5. The molecule has 0 amide bonds. The minimum absolute atomic E-state index is 0.0110. The molecule has 0 saturated carbocycles. The zero-order chi connectivity index (χ0) is 14.4. The molecular formula is C12H22N2O4S2. The Balaban J connectivity index is 1.78. The van der Waals surface area contributed by atoms with Crippen molar-refractivity contribution < 1.29 is 16.8 Å². The van der Waals surface area contributed by atoms with Gasteiger partial charge in [-0.3, -0.25) is 0 Å². The van der Waals surface area contributed by atoms with Crippen molar-refractivity contribution in [2.45, 2.75) is 37.0 Å². The van der Waals surface area contributed by atoms with Gasteiger partial charge in [-0.1, -0.05) is 0 Å². The molecule has 1 N–H and O–H groups in total. The van der Waals surface area contributed by atoms with Crippen LogP contribution in [0.25, 0.3) is 0 Å². The average Bonchev–Trinajstić information content (AvgIpc) is 2.86. The minimum atomic E-state index is -3.36. The topological polar surface area (TPSA) is 83.5 Å². The number of sulfonamides is 1. The number of rotatable bonds is 2. The number of piperidine rings is 1. The lowest BCUT2D eigenvalue weighted by molar-refractivity contribution is 0.215. The molecule has 0 aliphatic carbocycles. The molecule has 0 aromatic carbocycles. The van der Waals surface area contributed by atoms with E-state index in [0.29, 0.717) is 12.5 Å². The van der Waals surface area contributed by atoms with E-state index in [1.54, 1.807) is 4.31 Å². The van der Waals surface area contributed by atoms with Crippen LogP contribution in [0.4, 0.5) is 0 Å². The van der Waals surface area contributed by atoms with Crippen LogP contribution < -0.4 is 5.32 Å². The number of hydrogen-bond donors (Lipinski definition) is 1. The molecule has 0 spiro atoms. The lowest BCUT2D eigenvalue weighted by atomic mass is 9.94. The molecule has 3 aliphatic heterocycles. The molecule has 3 aliphatic rings. The van der Waals surface area contributed by atoms with Crippen molar-refractivity contribution in [1.82, 2.24) is 9.62 Å². The summed E-state index contributed by atoms with van der Waals surface area (Å²) in [6, 6.07) is 0.0762. The average molecular weight is 322 g/mol. The fourth-order valence-corrected chi connectivity index (χ4v) is 7.71. The van der Waals surface area contributed by atoms with E-state index in [2.05, 4.69) is 5.32 Å². The summed E-state index contributed by atoms with van der Waals surface area (Å²) in [6.45, 7) is 2.22. The Morgan fingerprint density at radius 2 is 1.75 bits per heavy atom. The predicted molar refractivity (Wildman–Crippen MR) is 76.7 cm³/mol. The Morgan fingerprint density at radius 1 is 1.05 bits per heavy atom. The second-order valence-electron chi connectivity index (χ2n) is 6.13. The summed E-state index contributed by atoms with van der Waals surface area (Å²) in [5.41, 5.74) is 0. The summed E-state index contributed by atoms with van der Waals surface area (Å²) in [5.74, 6) is 0.444. The summed E-state index contributed by atoms with van der Waals surface area (Å²) < 4.78 is 50.2. The smallest absolute Gasteiger partial charge is 0.217 e. The van der Waals surface area contributed by atoms with Gasteiger partial charge >= 0.3 is 0 Å². The summed E-state index contributed by atoms with van der Waals surface area (Å²) in [7, 11) is -6.38. The first-order valence-corrected chi connectivity index (χ1v) is 10.6. The number of sulfone groups is 1. The Kier molecular flexibility index (Phi) is 3.85. The van der Waals surface area contributed by atoms with Crippen molar-refractivity contribution in [1.29, 1.82) is 0 Å². The van der Waals surface area contributed by atoms with Gasteiger partial charge in [-0.05, 0) is 38.1 Å². The molecule has 0 aromatic heterocycles. The van der Waals surface area contributed by atoms with Crippen LogP contribution in [0.5, 0.6) is 0 Å². The monoisotopic (exact) mass is 322 g/mol. The number of nitrogens with one attached hydrogen (secondary N) is 1. The maximum Gasteiger partial charge on any atom is 0.217 e. The molecule has 0 radical (unpaired) electrons. The van der Waals surface area contributed by atoms with Gasteiger partial charge in [-0.2, -0.15) is 4.31 Å². The van der Waals surface area contributed by atoms with Gasteiger partial charge in [0.15, 0.2) is 0 Å². The quantitative estimate of drug-likeness (QED) is 0.746. The van der Waals surface area contributed by atoms with Crippen molar-refractivity contribution in [3.8, 4) is 0 Å². The van der Waals surface area contributed by atoms with Crippen LogP contribution in [0.2, 0.25) is 0 Å². The standard InChI is InChI=1S/C12H22N2O4S2/c15-19(16)6-3-11(4-7-19)20(17,18)14-5-1-2-10-8-13-9-12(10)14/h10-13H,1-9H2. The van der Waals surface area contributed by atoms with Crippen LogP contribution >= 0.6 is 0 Å². The molecule has 3 saturated heterocycles. The van der Waals surface area contributed by atoms with E-state index in [1.165, 1.54) is 0 Å². The Labute approximate surface area is 120 Å². The van der Waals surface area contributed by atoms with E-state index >= 15 is 0 Å². The fraction of sp³-hybridized carbons (Fsp3) is 1.00. The van der Waals surface area contributed by atoms with Crippen molar-refractivity contribution in [2.24, 2.45) is 5.92 Å². The summed E-state index contributed by atoms with van der Waals surface area (Å²) in [6.07, 6.45) is 2.51. The second-order valence-corrected chi connectivity index (χ2v) is 10.6. The van der Waals surface area contributed by atoms with Crippen molar-refractivity contribution in [3.63, 3.8) is 0 Å². The van der Waals surface area contributed by atoms with Crippen LogP contribution in [0.1, 0.15) is 25.7 Å². The van der Waals surface area contributed by atoms with Crippen molar-refractivity contribution >= 4 is 19.9 Å². The molecule has 116 valence electrons. The van der Waals surface area contributed by atoms with Crippen molar-refractivity contribution in [3.05, 3.63) is 0 Å². The van der Waals surface area contributed by atoms with Crippen LogP contribution in [0.15, 0.2) is 0 Å². The third-order valence-electron chi connectivity index (χ3n) is 4.88. The van der Waals surface area contributed by atoms with E-state index in [0.717, 1.165) is 25.9 Å². The molecule has 6 nitrogen and oxygen atoms in total. The van der Waals surface area contributed by atoms with Crippen LogP contribution in [-0.4, -0.2) is 63.6 Å². The van der Waals surface area contributed by atoms with Gasteiger partial charge in [0.2, 0.25) is 10.0 Å². The highest BCUT2D eigenvalue weighted by atomic mass is 32.2. The number of hydrogen-bond acceptors (Lipinski definition) is 5. The molecule has 0 bridgehead atoms. The molecule has 0 aromatic rings. The van der Waals surface area contributed by atoms with Crippen LogP contribution in [0, 0.1) is 5.92 Å². The first-order valence-electron chi connectivity index (χ1n) is 7.32. The molecule has 8 heteroatoms. The van der Waals surface area contributed by atoms with Crippen LogP contribution in [0.3, 0.4) is 0 Å². The van der Waals surface area contributed by atoms with E-state index < -0.39 is 25.1 Å². The molecule has 20 heavy (non-hydrogen) atoms. The first kappa shape index (κ1) is 14.7. The molecular weight excluding hydrogens is 300 g/mol. The van der Waals surface area contributed by atoms with Gasteiger partial charge in [0.05, 0.1) is 16.8 Å². The SMILES string of the molecule is O=S1(=O)CCC(S(=O)(=O)N2CCCC3CNCC32)CC1. The highest BCUT2D eigenvalue weighted by Crippen LogP contribution is 2.32. The van der Waals surface area contributed by atoms with Gasteiger partial charge in [-0.25, -0.2) is 16.8 Å². The Hall–Kier alpha value is -0.180. The molecule has 3 heterocycles. The molecule has 2 atom stereocenters. The minimum Gasteiger partial charge on any atom is -0.315 e. The molecule has 3 rings (SSSR count). The summed E-state index contributed by atoms with van der Waals surface area (Å²) >= 11 is 0. The van der Waals surface area contributed by atoms with Gasteiger partial charge in [0.25, 0.3) is 0 Å². The van der Waals surface area contributed by atoms with E-state index in [9.17, 15) is 16.8 Å². The predicted octanol–water partition coefficient (Wildman–Crippen LogP) is -0.423. The molecule has 3 fully saturated rings. The fourth-order valence-electron chi connectivity index (χ4n) is 3.70. The largest absolute Gasteiger partial charge is 0.315 e. The number of nitrogens with zero attached hydrogens (tertiary/aromatic N) is 1. The normalized spacial score (nSPS) is 35.8. The van der Waals surface area contributed by atoms with Gasteiger partial charge in [-0.15, -0.1) is 0 Å². The lowest BCUT2D eigenvalue weighted by Crippen LogP contribution is -2.52. The lowest BCUT2D eigenvalue weighted by Gasteiger charge is -2.38. The third kappa shape index (κ3) is 2.63. The third-order valence-corrected chi connectivity index (χ3v) is 9.01. The number of fused-ring (bicyclic) bond motifs is 1. The van der Waals surface area contributed by atoms with Crippen molar-refractivity contribution in [2.75, 3.05) is 31.1 Å². The van der Waals surface area contributed by atoms with E-state index in [1.807, 2.05) is 0 Å². The second kappa shape index (κ2) is 5.23. The van der Waals surface area contributed by atoms with E-state index in [4.69, 9.17) is 0 Å². The van der Waals surface area contributed by atoms with Crippen LogP contribution in [-0.2, 0) is 19.9 Å². The molecule has 2 unspecified atom stereocenters. The highest BCUT2D eigenvalue weighted by Gasteiger charge is 2.44. The maximum absolute atomic E-state index is 12.8. The van der Waals surface area contributed by atoms with Gasteiger partial charge < -0.3 is 5.32 Å². The Morgan fingerprint density at radius 3 is 2.45 bits per heavy atom. The van der Waals surface area contributed by atoms with Gasteiger partial charge in [0.1, 0.15) is 9.84 Å². The van der Waals surface area contributed by atoms with E-state index in [-0.39, 0.29) is 30.4 Å². The maximum atomic E-state index is 12.8. The van der Waals surface area contributed by atoms with Gasteiger partial charge in [0, 0.05) is 19.1 Å². The Bertz CT molecular complexity index is 558. The first-order chi connectivity index (χ1) is 9.40. The zero-order valence-corrected chi connectivity index (χ0v) is 13.1. The summed E-state index contributed by atoms with van der Waals surface area (Å²) in [4.78, 5) is 0. The highest BCUT2D eigenvalue weighted by molar-refractivity contribution is 7.92. The summed E-state index contributed by atoms with van der Waals surface area (Å²) in [5, 5.41) is 2.77.